The van der Waals surface area contributed by atoms with E-state index in [1.807, 2.05) is 0 Å². The number of alkyl halides is 3. The number of carbonyl (C=O) groups excluding carboxylic acids is 1. The van der Waals surface area contributed by atoms with E-state index in [9.17, 15) is 22.8 Å². The highest BCUT2D eigenvalue weighted by Crippen LogP contribution is 2.30. The van der Waals surface area contributed by atoms with Gasteiger partial charge in [0.2, 0.25) is 0 Å². The molecule has 0 bridgehead atoms. The number of rotatable bonds is 6. The lowest BCUT2D eigenvalue weighted by Gasteiger charge is -2.14. The van der Waals surface area contributed by atoms with Crippen LogP contribution in [0.15, 0.2) is 24.3 Å². The lowest BCUT2D eigenvalue weighted by atomic mass is 10.0. The Hall–Kier alpha value is -2.31. The lowest BCUT2D eigenvalue weighted by molar-refractivity contribution is -0.274. The average Bonchev–Trinajstić information content (AvgIpc) is 2.33. The van der Waals surface area contributed by atoms with E-state index in [4.69, 9.17) is 5.11 Å². The van der Waals surface area contributed by atoms with E-state index >= 15 is 0 Å². The molecule has 1 rings (SSSR count). The van der Waals surface area contributed by atoms with Crippen LogP contribution in [-0.4, -0.2) is 23.7 Å². The van der Waals surface area contributed by atoms with E-state index in [1.54, 1.807) is 0 Å². The van der Waals surface area contributed by atoms with E-state index < -0.39 is 18.1 Å². The number of halogens is 3. The molecular weight excluding hydrogens is 277 g/mol. The predicted molar refractivity (Wildman–Crippen MR) is 64.2 cm³/mol. The van der Waals surface area contributed by atoms with Crippen LogP contribution < -0.4 is 4.74 Å². The fourth-order valence-corrected chi connectivity index (χ4v) is 1.59. The summed E-state index contributed by atoms with van der Waals surface area (Å²) in [6.45, 7) is 0. The van der Waals surface area contributed by atoms with Crippen LogP contribution in [-0.2, 0) is 16.0 Å². The highest BCUT2D eigenvalue weighted by Gasteiger charge is 2.32. The second-order valence-electron chi connectivity index (χ2n) is 3.75. The Bertz CT molecular complexity index is 521. The largest absolute Gasteiger partial charge is 0.573 e. The molecule has 7 heteroatoms. The Labute approximate surface area is 112 Å². The summed E-state index contributed by atoms with van der Waals surface area (Å²) in [6.07, 6.45) is -2.30. The average molecular weight is 288 g/mol. The Morgan fingerprint density at radius 1 is 1.35 bits per heavy atom. The number of carbonyl (C=O) groups is 2. The molecule has 1 aromatic carbocycles. The van der Waals surface area contributed by atoms with Gasteiger partial charge >= 0.3 is 12.3 Å². The van der Waals surface area contributed by atoms with E-state index in [1.165, 1.54) is 12.1 Å². The summed E-state index contributed by atoms with van der Waals surface area (Å²) in [6, 6.07) is 3.88. The first-order valence-corrected chi connectivity index (χ1v) is 5.56. The molecular formula is C13H11F3O4. The van der Waals surface area contributed by atoms with Crippen molar-refractivity contribution in [3.05, 3.63) is 35.4 Å². The fraction of sp³-hybridized carbons (Fsp3) is 0.231. The van der Waals surface area contributed by atoms with Gasteiger partial charge in [-0.25, -0.2) is 4.79 Å². The molecule has 20 heavy (non-hydrogen) atoms. The van der Waals surface area contributed by atoms with Crippen molar-refractivity contribution in [2.75, 3.05) is 0 Å². The Balaban J connectivity index is 3.18. The molecule has 0 aliphatic carbocycles. The van der Waals surface area contributed by atoms with Gasteiger partial charge in [0, 0.05) is 18.1 Å². The maximum atomic E-state index is 12.3. The van der Waals surface area contributed by atoms with Crippen molar-refractivity contribution in [2.45, 2.75) is 19.2 Å². The topological polar surface area (TPSA) is 63.6 Å². The zero-order chi connectivity index (χ0) is 15.2. The van der Waals surface area contributed by atoms with Gasteiger partial charge in [0.05, 0.1) is 0 Å². The molecule has 0 aliphatic heterocycles. The van der Waals surface area contributed by atoms with Gasteiger partial charge in [-0.15, -0.1) is 13.2 Å². The standard InChI is InChI=1S/C13H11F3O4/c14-13(15,16)20-11-5-1-3-9(6-7-12(18)19)10(11)4-2-8-17/h1,3,5-8H,2,4H2,(H,18,19)/b7-6+. The number of hydrogen-bond donors (Lipinski definition) is 1. The summed E-state index contributed by atoms with van der Waals surface area (Å²) in [4.78, 5) is 20.8. The molecule has 0 saturated carbocycles. The molecule has 108 valence electrons. The van der Waals surface area contributed by atoms with Crippen molar-refractivity contribution >= 4 is 18.3 Å². The van der Waals surface area contributed by atoms with Crippen LogP contribution in [0.1, 0.15) is 17.5 Å². The molecule has 0 unspecified atom stereocenters. The summed E-state index contributed by atoms with van der Waals surface area (Å²) < 4.78 is 40.7. The molecule has 0 fully saturated rings. The zero-order valence-electron chi connectivity index (χ0n) is 10.2. The van der Waals surface area contributed by atoms with Crippen molar-refractivity contribution in [1.29, 1.82) is 0 Å². The number of carboxylic acid groups (broad SMARTS) is 1. The lowest BCUT2D eigenvalue weighted by Crippen LogP contribution is -2.18. The molecule has 0 aromatic heterocycles. The number of hydrogen-bond acceptors (Lipinski definition) is 3. The highest BCUT2D eigenvalue weighted by molar-refractivity contribution is 5.85. The molecule has 0 amide bonds. The molecule has 0 saturated heterocycles. The first kappa shape index (κ1) is 15.7. The van der Waals surface area contributed by atoms with Crippen LogP contribution in [0.25, 0.3) is 6.08 Å². The summed E-state index contributed by atoms with van der Waals surface area (Å²) in [5.41, 5.74) is 0.394. The molecule has 0 spiro atoms. The van der Waals surface area contributed by atoms with E-state index in [-0.39, 0.29) is 24.0 Å². The second kappa shape index (κ2) is 6.74. The van der Waals surface area contributed by atoms with E-state index in [2.05, 4.69) is 4.74 Å². The van der Waals surface area contributed by atoms with Crippen molar-refractivity contribution in [2.24, 2.45) is 0 Å². The molecule has 0 aliphatic rings. The van der Waals surface area contributed by atoms with Crippen LogP contribution in [0.5, 0.6) is 5.75 Å². The monoisotopic (exact) mass is 288 g/mol. The minimum Gasteiger partial charge on any atom is -0.478 e. The first-order chi connectivity index (χ1) is 9.33. The van der Waals surface area contributed by atoms with Gasteiger partial charge in [-0.3, -0.25) is 0 Å². The number of aliphatic carboxylic acids is 1. The Morgan fingerprint density at radius 3 is 2.60 bits per heavy atom. The van der Waals surface area contributed by atoms with Crippen LogP contribution in [0.3, 0.4) is 0 Å². The molecule has 1 aromatic rings. The molecule has 0 atom stereocenters. The van der Waals surface area contributed by atoms with Gasteiger partial charge in [-0.1, -0.05) is 12.1 Å². The van der Waals surface area contributed by atoms with Crippen LogP contribution >= 0.6 is 0 Å². The minimum absolute atomic E-state index is 0.00609. The second-order valence-corrected chi connectivity index (χ2v) is 3.75. The highest BCUT2D eigenvalue weighted by atomic mass is 19.4. The van der Waals surface area contributed by atoms with Crippen LogP contribution in [0.4, 0.5) is 13.2 Å². The van der Waals surface area contributed by atoms with Crippen LogP contribution in [0.2, 0.25) is 0 Å². The summed E-state index contributed by atoms with van der Waals surface area (Å²) in [7, 11) is 0. The van der Waals surface area contributed by atoms with E-state index in [0.717, 1.165) is 18.2 Å². The maximum absolute atomic E-state index is 12.3. The Morgan fingerprint density at radius 2 is 2.05 bits per heavy atom. The first-order valence-electron chi connectivity index (χ1n) is 5.56. The number of aldehydes is 1. The molecule has 1 N–H and O–H groups in total. The number of carboxylic acids is 1. The van der Waals surface area contributed by atoms with Crippen molar-refractivity contribution < 1.29 is 32.6 Å². The van der Waals surface area contributed by atoms with Gasteiger partial charge in [0.15, 0.2) is 0 Å². The third-order valence-corrected chi connectivity index (χ3v) is 2.31. The van der Waals surface area contributed by atoms with E-state index in [0.29, 0.717) is 6.29 Å². The van der Waals surface area contributed by atoms with Gasteiger partial charge in [0.1, 0.15) is 12.0 Å². The summed E-state index contributed by atoms with van der Waals surface area (Å²) >= 11 is 0. The molecule has 0 heterocycles. The smallest absolute Gasteiger partial charge is 0.478 e. The normalized spacial score (nSPS) is 11.6. The molecule has 0 radical (unpaired) electrons. The molecule has 4 nitrogen and oxygen atoms in total. The minimum atomic E-state index is -4.86. The number of benzene rings is 1. The third kappa shape index (κ3) is 5.13. The van der Waals surface area contributed by atoms with Crippen LogP contribution in [0, 0.1) is 0 Å². The van der Waals surface area contributed by atoms with Gasteiger partial charge in [-0.2, -0.15) is 0 Å². The zero-order valence-corrected chi connectivity index (χ0v) is 10.2. The SMILES string of the molecule is O=CCCc1c(/C=C/C(=O)O)cccc1OC(F)(F)F. The van der Waals surface area contributed by atoms with Gasteiger partial charge < -0.3 is 14.6 Å². The van der Waals surface area contributed by atoms with Gasteiger partial charge in [0.25, 0.3) is 0 Å². The van der Waals surface area contributed by atoms with Gasteiger partial charge in [-0.05, 0) is 24.1 Å². The van der Waals surface area contributed by atoms with Crippen molar-refractivity contribution in [1.82, 2.24) is 0 Å². The quantitative estimate of drug-likeness (QED) is 0.646. The maximum Gasteiger partial charge on any atom is 0.573 e. The third-order valence-electron chi connectivity index (χ3n) is 2.31. The van der Waals surface area contributed by atoms with Crippen molar-refractivity contribution in [3.63, 3.8) is 0 Å². The summed E-state index contributed by atoms with van der Waals surface area (Å²) in [5, 5.41) is 8.54. The predicted octanol–water partition coefficient (Wildman–Crippen LogP) is 2.81. The van der Waals surface area contributed by atoms with Crippen molar-refractivity contribution in [3.8, 4) is 5.75 Å². The Kier molecular flexibility index (Phi) is 5.31. The number of ether oxygens (including phenoxy) is 1. The summed E-state index contributed by atoms with van der Waals surface area (Å²) in [5.74, 6) is -1.67. The fourth-order valence-electron chi connectivity index (χ4n) is 1.59.